The van der Waals surface area contributed by atoms with Crippen molar-refractivity contribution in [2.75, 3.05) is 0 Å². The van der Waals surface area contributed by atoms with E-state index in [4.69, 9.17) is 10.6 Å². The fourth-order valence-electron chi connectivity index (χ4n) is 1.24. The highest BCUT2D eigenvalue weighted by molar-refractivity contribution is 5.97. The summed E-state index contributed by atoms with van der Waals surface area (Å²) in [4.78, 5) is 5.19. The van der Waals surface area contributed by atoms with Gasteiger partial charge in [-0.2, -0.15) is 0 Å². The van der Waals surface area contributed by atoms with E-state index < -0.39 is 0 Å². The zero-order valence-electron chi connectivity index (χ0n) is 8.71. The van der Waals surface area contributed by atoms with Crippen molar-refractivity contribution < 1.29 is 4.84 Å². The molecular weight excluding hydrogens is 200 g/mol. The summed E-state index contributed by atoms with van der Waals surface area (Å²) in [6.07, 6.45) is 0. The van der Waals surface area contributed by atoms with Crippen molar-refractivity contribution in [2.24, 2.45) is 10.9 Å². The molecule has 0 heterocycles. The van der Waals surface area contributed by atoms with Crippen LogP contribution in [-0.2, 0) is 0 Å². The van der Waals surface area contributed by atoms with Crippen molar-refractivity contribution >= 4 is 5.84 Å². The van der Waals surface area contributed by atoms with Crippen molar-refractivity contribution in [3.63, 3.8) is 0 Å². The molecule has 0 aliphatic rings. The minimum atomic E-state index is 0.365. The Morgan fingerprint density at radius 2 is 1.44 bits per heavy atom. The van der Waals surface area contributed by atoms with E-state index in [0.717, 1.165) is 5.56 Å². The maximum atomic E-state index is 5.77. The lowest BCUT2D eigenvalue weighted by Gasteiger charge is -2.01. The van der Waals surface area contributed by atoms with E-state index in [0.29, 0.717) is 11.6 Å². The number of hydrogen-bond acceptors (Lipinski definition) is 2. The van der Waals surface area contributed by atoms with Gasteiger partial charge in [0.1, 0.15) is 0 Å². The third-order valence-electron chi connectivity index (χ3n) is 2.06. The maximum Gasteiger partial charge on any atom is 0.170 e. The van der Waals surface area contributed by atoms with Crippen molar-refractivity contribution in [1.29, 1.82) is 0 Å². The lowest BCUT2D eigenvalue weighted by molar-refractivity contribution is 0.341. The van der Waals surface area contributed by atoms with Gasteiger partial charge in [0.15, 0.2) is 11.6 Å². The van der Waals surface area contributed by atoms with Gasteiger partial charge in [0.25, 0.3) is 0 Å². The van der Waals surface area contributed by atoms with Gasteiger partial charge in [-0.25, -0.2) is 0 Å². The Labute approximate surface area is 94.2 Å². The molecule has 80 valence electrons. The van der Waals surface area contributed by atoms with Gasteiger partial charge in [0.2, 0.25) is 0 Å². The van der Waals surface area contributed by atoms with Gasteiger partial charge < -0.3 is 10.6 Å². The number of nitrogens with two attached hydrogens (primary N) is 1. The molecule has 2 rings (SSSR count). The largest absolute Gasteiger partial charge is 0.380 e. The molecule has 0 amide bonds. The topological polar surface area (TPSA) is 47.6 Å². The van der Waals surface area contributed by atoms with Gasteiger partial charge in [0, 0.05) is 5.56 Å². The number of para-hydroxylation sites is 1. The Morgan fingerprint density at radius 1 is 0.875 bits per heavy atom. The number of nitrogens with zero attached hydrogens (tertiary/aromatic N) is 1. The van der Waals surface area contributed by atoms with Crippen LogP contribution in [0.4, 0.5) is 0 Å². The highest BCUT2D eigenvalue weighted by Crippen LogP contribution is 2.08. The van der Waals surface area contributed by atoms with Crippen LogP contribution in [0.5, 0.6) is 5.75 Å². The van der Waals surface area contributed by atoms with Crippen molar-refractivity contribution in [1.82, 2.24) is 0 Å². The highest BCUT2D eigenvalue weighted by Gasteiger charge is 1.97. The van der Waals surface area contributed by atoms with E-state index in [9.17, 15) is 0 Å². The normalized spacial score (nSPS) is 11.1. The Morgan fingerprint density at radius 3 is 2.06 bits per heavy atom. The fourth-order valence-corrected chi connectivity index (χ4v) is 1.24. The van der Waals surface area contributed by atoms with E-state index in [1.54, 1.807) is 0 Å². The fraction of sp³-hybridized carbons (Fsp3) is 0. The van der Waals surface area contributed by atoms with Gasteiger partial charge in [-0.1, -0.05) is 53.7 Å². The number of oxime groups is 1. The molecule has 0 spiro atoms. The quantitative estimate of drug-likeness (QED) is 0.482. The average Bonchev–Trinajstić information content (AvgIpc) is 2.38. The molecule has 0 atom stereocenters. The molecule has 3 heteroatoms. The molecule has 2 N–H and O–H groups in total. The van der Waals surface area contributed by atoms with Crippen molar-refractivity contribution in [2.45, 2.75) is 0 Å². The van der Waals surface area contributed by atoms with Crippen LogP contribution in [0.1, 0.15) is 5.56 Å². The Hall–Kier alpha value is -2.29. The van der Waals surface area contributed by atoms with Crippen LogP contribution < -0.4 is 10.6 Å². The van der Waals surface area contributed by atoms with E-state index in [-0.39, 0.29) is 0 Å². The second-order valence-corrected chi connectivity index (χ2v) is 3.25. The van der Waals surface area contributed by atoms with Crippen molar-refractivity contribution in [3.05, 3.63) is 66.2 Å². The van der Waals surface area contributed by atoms with E-state index in [2.05, 4.69) is 5.16 Å². The first-order valence-electron chi connectivity index (χ1n) is 4.97. The smallest absolute Gasteiger partial charge is 0.170 e. The lowest BCUT2D eigenvalue weighted by atomic mass is 10.2. The monoisotopic (exact) mass is 212 g/mol. The standard InChI is InChI=1S/C13H12N2O/c14-13(11-7-3-1-4-8-11)15-16-12-9-5-2-6-10-12/h1-10H,(H2,14,15). The Balaban J connectivity index is 2.09. The summed E-state index contributed by atoms with van der Waals surface area (Å²) in [5, 5.41) is 3.86. The summed E-state index contributed by atoms with van der Waals surface area (Å²) in [6.45, 7) is 0. The molecule has 0 saturated carbocycles. The van der Waals surface area contributed by atoms with Gasteiger partial charge in [-0.15, -0.1) is 0 Å². The summed E-state index contributed by atoms with van der Waals surface area (Å²) < 4.78 is 0. The molecule has 0 bridgehead atoms. The summed E-state index contributed by atoms with van der Waals surface area (Å²) >= 11 is 0. The van der Waals surface area contributed by atoms with Crippen LogP contribution in [0.3, 0.4) is 0 Å². The van der Waals surface area contributed by atoms with Crippen LogP contribution >= 0.6 is 0 Å². The Bertz CT molecular complexity index is 466. The average molecular weight is 212 g/mol. The summed E-state index contributed by atoms with van der Waals surface area (Å²) in [5.41, 5.74) is 6.61. The molecule has 0 saturated heterocycles. The lowest BCUT2D eigenvalue weighted by Crippen LogP contribution is -2.14. The first-order chi connectivity index (χ1) is 7.86. The van der Waals surface area contributed by atoms with Gasteiger partial charge in [0.05, 0.1) is 0 Å². The zero-order valence-corrected chi connectivity index (χ0v) is 8.71. The first kappa shape index (κ1) is 10.2. The van der Waals surface area contributed by atoms with E-state index in [1.807, 2.05) is 60.7 Å². The third-order valence-corrected chi connectivity index (χ3v) is 2.06. The second kappa shape index (κ2) is 4.98. The van der Waals surface area contributed by atoms with Crippen LogP contribution in [0.25, 0.3) is 0 Å². The molecule has 2 aromatic rings. The van der Waals surface area contributed by atoms with Crippen LogP contribution in [0, 0.1) is 0 Å². The molecule has 2 aromatic carbocycles. The van der Waals surface area contributed by atoms with Crippen molar-refractivity contribution in [3.8, 4) is 5.75 Å². The van der Waals surface area contributed by atoms with E-state index in [1.165, 1.54) is 0 Å². The third kappa shape index (κ3) is 2.60. The number of rotatable bonds is 3. The van der Waals surface area contributed by atoms with Crippen LogP contribution in [0.15, 0.2) is 65.8 Å². The Kier molecular flexibility index (Phi) is 3.18. The minimum absolute atomic E-state index is 0.365. The zero-order chi connectivity index (χ0) is 11.2. The molecular formula is C13H12N2O. The van der Waals surface area contributed by atoms with Crippen LogP contribution in [0.2, 0.25) is 0 Å². The molecule has 16 heavy (non-hydrogen) atoms. The SMILES string of the molecule is N/C(=N\Oc1ccccc1)c1ccccc1. The maximum absolute atomic E-state index is 5.77. The molecule has 0 aliphatic carbocycles. The second-order valence-electron chi connectivity index (χ2n) is 3.25. The molecule has 0 unspecified atom stereocenters. The molecule has 0 fully saturated rings. The van der Waals surface area contributed by atoms with Gasteiger partial charge in [-0.3, -0.25) is 0 Å². The summed E-state index contributed by atoms with van der Waals surface area (Å²) in [7, 11) is 0. The molecule has 0 radical (unpaired) electrons. The predicted octanol–water partition coefficient (Wildman–Crippen LogP) is 2.39. The number of amidine groups is 1. The van der Waals surface area contributed by atoms with E-state index >= 15 is 0 Å². The van der Waals surface area contributed by atoms with Crippen LogP contribution in [-0.4, -0.2) is 5.84 Å². The first-order valence-corrected chi connectivity index (χ1v) is 4.97. The molecule has 0 aromatic heterocycles. The number of benzene rings is 2. The van der Waals surface area contributed by atoms with Gasteiger partial charge >= 0.3 is 0 Å². The minimum Gasteiger partial charge on any atom is -0.380 e. The highest BCUT2D eigenvalue weighted by atomic mass is 16.6. The van der Waals surface area contributed by atoms with Gasteiger partial charge in [-0.05, 0) is 12.1 Å². The number of hydrogen-bond donors (Lipinski definition) is 1. The summed E-state index contributed by atoms with van der Waals surface area (Å²) in [5.74, 6) is 1.03. The predicted molar refractivity (Wildman–Crippen MR) is 64.2 cm³/mol. The molecule has 3 nitrogen and oxygen atoms in total. The summed E-state index contributed by atoms with van der Waals surface area (Å²) in [6, 6.07) is 18.8. The molecule has 0 aliphatic heterocycles.